The minimum absolute atomic E-state index is 0.125. The molecule has 100 valence electrons. The van der Waals surface area contributed by atoms with Gasteiger partial charge in [-0.25, -0.2) is 4.39 Å². The molecule has 0 amide bonds. The maximum atomic E-state index is 13.4. The zero-order chi connectivity index (χ0) is 12.8. The van der Waals surface area contributed by atoms with E-state index in [4.69, 9.17) is 0 Å². The second-order valence-electron chi connectivity index (χ2n) is 5.03. The molecule has 1 fully saturated rings. The highest BCUT2D eigenvalue weighted by Crippen LogP contribution is 2.25. The minimum atomic E-state index is -0.125. The van der Waals surface area contributed by atoms with Crippen molar-refractivity contribution in [2.45, 2.75) is 32.1 Å². The molecule has 2 rings (SSSR count). The van der Waals surface area contributed by atoms with Crippen LogP contribution in [0.2, 0.25) is 0 Å². The lowest BCUT2D eigenvalue weighted by Crippen LogP contribution is -2.25. The number of hydrogen-bond donors (Lipinski definition) is 1. The van der Waals surface area contributed by atoms with E-state index in [2.05, 4.69) is 10.2 Å². The molecule has 1 aromatic rings. The molecule has 1 aromatic carbocycles. The maximum Gasteiger partial charge on any atom is 0.123 e. The van der Waals surface area contributed by atoms with Gasteiger partial charge in [0.15, 0.2) is 0 Å². The summed E-state index contributed by atoms with van der Waals surface area (Å²) in [6, 6.07) is 5.23. The molecule has 0 radical (unpaired) electrons. The average molecular weight is 250 g/mol. The molecule has 0 atom stereocenters. The van der Waals surface area contributed by atoms with Gasteiger partial charge in [0.2, 0.25) is 0 Å². The number of likely N-dealkylation sites (N-methyl/N-ethyl adjacent to an activating group) is 1. The van der Waals surface area contributed by atoms with Crippen molar-refractivity contribution in [3.05, 3.63) is 29.6 Å². The maximum absolute atomic E-state index is 13.4. The summed E-state index contributed by atoms with van der Waals surface area (Å²) in [6.07, 6.45) is 6.04. The Morgan fingerprint density at radius 2 is 1.89 bits per heavy atom. The summed E-state index contributed by atoms with van der Waals surface area (Å²) in [5, 5.41) is 3.14. The van der Waals surface area contributed by atoms with Gasteiger partial charge < -0.3 is 10.2 Å². The van der Waals surface area contributed by atoms with Crippen molar-refractivity contribution in [1.29, 1.82) is 0 Å². The average Bonchev–Trinajstić information content (AvgIpc) is 2.65. The van der Waals surface area contributed by atoms with Crippen LogP contribution in [-0.4, -0.2) is 26.7 Å². The first kappa shape index (κ1) is 13.3. The summed E-state index contributed by atoms with van der Waals surface area (Å²) >= 11 is 0. The van der Waals surface area contributed by atoms with Crippen LogP contribution in [0.4, 0.5) is 10.1 Å². The first-order valence-electron chi connectivity index (χ1n) is 6.99. The van der Waals surface area contributed by atoms with E-state index in [1.54, 1.807) is 12.1 Å². The van der Waals surface area contributed by atoms with E-state index in [1.807, 2.05) is 13.1 Å². The molecule has 1 aliphatic heterocycles. The molecule has 18 heavy (non-hydrogen) atoms. The lowest BCUT2D eigenvalue weighted by molar-refractivity contribution is 0.623. The fourth-order valence-electron chi connectivity index (χ4n) is 2.63. The van der Waals surface area contributed by atoms with E-state index < -0.39 is 0 Å². The van der Waals surface area contributed by atoms with Crippen LogP contribution >= 0.6 is 0 Å². The van der Waals surface area contributed by atoms with Gasteiger partial charge in [-0.3, -0.25) is 0 Å². The first-order valence-corrected chi connectivity index (χ1v) is 6.99. The highest BCUT2D eigenvalue weighted by atomic mass is 19.1. The SMILES string of the molecule is CNCCc1cc(F)ccc1N1CCCCCC1. The third kappa shape index (κ3) is 3.45. The van der Waals surface area contributed by atoms with Crippen molar-refractivity contribution in [3.63, 3.8) is 0 Å². The number of benzene rings is 1. The molecule has 2 nitrogen and oxygen atoms in total. The van der Waals surface area contributed by atoms with E-state index in [0.29, 0.717) is 0 Å². The molecule has 1 N–H and O–H groups in total. The van der Waals surface area contributed by atoms with Crippen molar-refractivity contribution in [1.82, 2.24) is 5.32 Å². The lowest BCUT2D eigenvalue weighted by atomic mass is 10.1. The number of anilines is 1. The largest absolute Gasteiger partial charge is 0.371 e. The molecule has 0 unspecified atom stereocenters. The van der Waals surface area contributed by atoms with Crippen LogP contribution in [-0.2, 0) is 6.42 Å². The lowest BCUT2D eigenvalue weighted by Gasteiger charge is -2.25. The van der Waals surface area contributed by atoms with Crippen LogP contribution < -0.4 is 10.2 Å². The van der Waals surface area contributed by atoms with Crippen molar-refractivity contribution in [2.24, 2.45) is 0 Å². The Kier molecular flexibility index (Phi) is 5.00. The Balaban J connectivity index is 2.18. The van der Waals surface area contributed by atoms with E-state index in [1.165, 1.54) is 31.4 Å². The van der Waals surface area contributed by atoms with E-state index in [9.17, 15) is 4.39 Å². The molecule has 0 bridgehead atoms. The highest BCUT2D eigenvalue weighted by Gasteiger charge is 2.13. The van der Waals surface area contributed by atoms with Crippen LogP contribution in [0.5, 0.6) is 0 Å². The third-order valence-corrected chi connectivity index (χ3v) is 3.63. The standard InChI is InChI=1S/C15H23FN2/c1-17-9-8-13-12-14(16)6-7-15(13)18-10-4-2-3-5-11-18/h6-7,12,17H,2-5,8-11H2,1H3. The highest BCUT2D eigenvalue weighted by molar-refractivity contribution is 5.54. The molecule has 3 heteroatoms. The van der Waals surface area contributed by atoms with Crippen LogP contribution in [0.1, 0.15) is 31.2 Å². The van der Waals surface area contributed by atoms with Gasteiger partial charge in [-0.2, -0.15) is 0 Å². The van der Waals surface area contributed by atoms with E-state index in [0.717, 1.165) is 31.6 Å². The summed E-state index contributed by atoms with van der Waals surface area (Å²) in [7, 11) is 1.94. The molecule has 0 aliphatic carbocycles. The predicted molar refractivity (Wildman–Crippen MR) is 74.7 cm³/mol. The molecule has 1 heterocycles. The molecule has 1 saturated heterocycles. The zero-order valence-corrected chi connectivity index (χ0v) is 11.2. The monoisotopic (exact) mass is 250 g/mol. The molecular weight excluding hydrogens is 227 g/mol. The Morgan fingerprint density at radius 1 is 1.17 bits per heavy atom. The molecule has 0 saturated carbocycles. The van der Waals surface area contributed by atoms with Crippen LogP contribution in [0, 0.1) is 5.82 Å². The van der Waals surface area contributed by atoms with E-state index in [-0.39, 0.29) is 5.82 Å². The Bertz CT molecular complexity index is 371. The Morgan fingerprint density at radius 3 is 2.56 bits per heavy atom. The van der Waals surface area contributed by atoms with Crippen molar-refractivity contribution in [3.8, 4) is 0 Å². The summed E-state index contributed by atoms with van der Waals surface area (Å²) in [5.41, 5.74) is 2.36. The number of nitrogens with one attached hydrogen (secondary N) is 1. The normalized spacial score (nSPS) is 16.7. The van der Waals surface area contributed by atoms with Crippen LogP contribution in [0.15, 0.2) is 18.2 Å². The van der Waals surface area contributed by atoms with E-state index >= 15 is 0 Å². The Labute approximate surface area is 109 Å². The smallest absolute Gasteiger partial charge is 0.123 e. The first-order chi connectivity index (χ1) is 8.81. The van der Waals surface area contributed by atoms with Gasteiger partial charge >= 0.3 is 0 Å². The van der Waals surface area contributed by atoms with Crippen molar-refractivity contribution in [2.75, 3.05) is 31.6 Å². The number of rotatable bonds is 4. The van der Waals surface area contributed by atoms with Gasteiger partial charge in [0.05, 0.1) is 0 Å². The number of hydrogen-bond acceptors (Lipinski definition) is 2. The van der Waals surface area contributed by atoms with Crippen LogP contribution in [0.3, 0.4) is 0 Å². The van der Waals surface area contributed by atoms with Gasteiger partial charge in [0.25, 0.3) is 0 Å². The summed E-state index contributed by atoms with van der Waals surface area (Å²) in [5.74, 6) is -0.125. The topological polar surface area (TPSA) is 15.3 Å². The predicted octanol–water partition coefficient (Wildman–Crippen LogP) is 2.97. The molecule has 1 aliphatic rings. The summed E-state index contributed by atoms with van der Waals surface area (Å²) < 4.78 is 13.4. The summed E-state index contributed by atoms with van der Waals surface area (Å²) in [4.78, 5) is 2.43. The fraction of sp³-hybridized carbons (Fsp3) is 0.600. The van der Waals surface area contributed by atoms with Gasteiger partial charge in [0.1, 0.15) is 5.82 Å². The third-order valence-electron chi connectivity index (χ3n) is 3.63. The molecular formula is C15H23FN2. The quantitative estimate of drug-likeness (QED) is 0.884. The number of halogens is 1. The van der Waals surface area contributed by atoms with Gasteiger partial charge in [-0.05, 0) is 56.6 Å². The molecule has 0 aromatic heterocycles. The summed E-state index contributed by atoms with van der Waals surface area (Å²) in [6.45, 7) is 3.11. The van der Waals surface area contributed by atoms with Gasteiger partial charge in [-0.1, -0.05) is 12.8 Å². The van der Waals surface area contributed by atoms with Crippen molar-refractivity contribution >= 4 is 5.69 Å². The fourth-order valence-corrected chi connectivity index (χ4v) is 2.63. The number of nitrogens with zero attached hydrogens (tertiary/aromatic N) is 1. The van der Waals surface area contributed by atoms with Gasteiger partial charge in [-0.15, -0.1) is 0 Å². The Hall–Kier alpha value is -1.09. The second-order valence-corrected chi connectivity index (χ2v) is 5.03. The van der Waals surface area contributed by atoms with Gasteiger partial charge in [0, 0.05) is 18.8 Å². The van der Waals surface area contributed by atoms with Crippen molar-refractivity contribution < 1.29 is 4.39 Å². The second kappa shape index (κ2) is 6.74. The van der Waals surface area contributed by atoms with Crippen LogP contribution in [0.25, 0.3) is 0 Å². The zero-order valence-electron chi connectivity index (χ0n) is 11.2. The minimum Gasteiger partial charge on any atom is -0.371 e. The molecule has 0 spiro atoms.